The third-order valence-electron chi connectivity index (χ3n) is 6.25. The lowest BCUT2D eigenvalue weighted by Gasteiger charge is -2.13. The van der Waals surface area contributed by atoms with Crippen LogP contribution in [0.4, 0.5) is 0 Å². The van der Waals surface area contributed by atoms with Crippen molar-refractivity contribution in [3.63, 3.8) is 0 Å². The quantitative estimate of drug-likeness (QED) is 0.308. The van der Waals surface area contributed by atoms with Crippen molar-refractivity contribution in [1.82, 2.24) is 24.7 Å². The summed E-state index contributed by atoms with van der Waals surface area (Å²) in [6.45, 7) is 0. The van der Waals surface area contributed by atoms with Crippen LogP contribution in [0, 0.1) is 0 Å². The first kappa shape index (κ1) is 22.8. The van der Waals surface area contributed by atoms with Gasteiger partial charge in [-0.1, -0.05) is 41.9 Å². The topological polar surface area (TPSA) is 106 Å². The van der Waals surface area contributed by atoms with Gasteiger partial charge in [0.2, 0.25) is 0 Å². The molecule has 37 heavy (non-hydrogen) atoms. The molecule has 0 aliphatic heterocycles. The Balaban J connectivity index is 1.48. The highest BCUT2D eigenvalue weighted by atomic mass is 35.5. The molecule has 6 rings (SSSR count). The van der Waals surface area contributed by atoms with Crippen molar-refractivity contribution in [1.29, 1.82) is 0 Å². The number of benzene rings is 2. The highest BCUT2D eigenvalue weighted by molar-refractivity contribution is 6.35. The second kappa shape index (κ2) is 9.07. The predicted octanol–water partition coefficient (Wildman–Crippen LogP) is 5.27. The molecule has 8 nitrogen and oxygen atoms in total. The zero-order chi connectivity index (χ0) is 25.5. The third kappa shape index (κ3) is 4.28. The Kier molecular flexibility index (Phi) is 5.58. The molecule has 4 heterocycles. The van der Waals surface area contributed by atoms with Gasteiger partial charge < -0.3 is 14.3 Å². The van der Waals surface area contributed by atoms with Crippen molar-refractivity contribution in [2.45, 2.75) is 6.42 Å². The minimum atomic E-state index is -0.533. The van der Waals surface area contributed by atoms with Crippen LogP contribution < -0.4 is 10.3 Å². The minimum absolute atomic E-state index is 0.0423. The van der Waals surface area contributed by atoms with Crippen LogP contribution in [0.1, 0.15) is 5.69 Å². The van der Waals surface area contributed by atoms with E-state index in [0.29, 0.717) is 21.7 Å². The van der Waals surface area contributed by atoms with Crippen LogP contribution in [0.2, 0.25) is 5.02 Å². The van der Waals surface area contributed by atoms with E-state index < -0.39 is 11.5 Å². The molecular weight excluding hydrogens is 490 g/mol. The number of ether oxygens (including phenoxy) is 1. The van der Waals surface area contributed by atoms with Crippen molar-refractivity contribution < 1.29 is 9.53 Å². The summed E-state index contributed by atoms with van der Waals surface area (Å²) in [6, 6.07) is 20.6. The van der Waals surface area contributed by atoms with Crippen LogP contribution in [0.15, 0.2) is 83.9 Å². The number of pyridine rings is 2. The van der Waals surface area contributed by atoms with E-state index in [4.69, 9.17) is 21.3 Å². The van der Waals surface area contributed by atoms with Crippen molar-refractivity contribution in [2.75, 3.05) is 0 Å². The van der Waals surface area contributed by atoms with Crippen molar-refractivity contribution >= 4 is 39.5 Å². The first-order chi connectivity index (χ1) is 18.0. The Morgan fingerprint density at radius 2 is 1.86 bits per heavy atom. The van der Waals surface area contributed by atoms with E-state index in [0.717, 1.165) is 33.3 Å². The average molecular weight is 510 g/mol. The molecule has 0 saturated heterocycles. The molecule has 4 aromatic heterocycles. The highest BCUT2D eigenvalue weighted by Gasteiger charge is 2.17. The van der Waals surface area contributed by atoms with Crippen LogP contribution >= 0.6 is 11.6 Å². The van der Waals surface area contributed by atoms with Crippen LogP contribution in [0.25, 0.3) is 44.3 Å². The van der Waals surface area contributed by atoms with Gasteiger partial charge in [-0.3, -0.25) is 14.7 Å². The van der Waals surface area contributed by atoms with Gasteiger partial charge in [0.05, 0.1) is 28.9 Å². The number of rotatable bonds is 5. The predicted molar refractivity (Wildman–Crippen MR) is 143 cm³/mol. The molecule has 0 amide bonds. The Morgan fingerprint density at radius 3 is 2.65 bits per heavy atom. The summed E-state index contributed by atoms with van der Waals surface area (Å²) in [5, 5.41) is 9.00. The lowest BCUT2D eigenvalue weighted by atomic mass is 9.97. The summed E-state index contributed by atoms with van der Waals surface area (Å²) >= 11 is 6.54. The van der Waals surface area contributed by atoms with Gasteiger partial charge >= 0.3 is 5.97 Å². The number of H-pyrrole nitrogens is 2. The largest absolute Gasteiger partial charge is 0.420 e. The maximum absolute atomic E-state index is 12.8. The molecule has 0 aliphatic carbocycles. The average Bonchev–Trinajstić information content (AvgIpc) is 3.53. The Hall–Kier alpha value is -4.69. The van der Waals surface area contributed by atoms with Gasteiger partial charge in [0.1, 0.15) is 5.65 Å². The fourth-order valence-corrected chi connectivity index (χ4v) is 4.65. The number of hydrogen-bond acceptors (Lipinski definition) is 5. The van der Waals surface area contributed by atoms with Crippen LogP contribution in [-0.4, -0.2) is 30.7 Å². The van der Waals surface area contributed by atoms with Crippen LogP contribution in [0.3, 0.4) is 0 Å². The second-order valence-electron chi connectivity index (χ2n) is 8.70. The van der Waals surface area contributed by atoms with E-state index in [1.54, 1.807) is 12.3 Å². The van der Waals surface area contributed by atoms with E-state index in [1.165, 1.54) is 0 Å². The van der Waals surface area contributed by atoms with E-state index in [9.17, 15) is 9.59 Å². The maximum Gasteiger partial charge on any atom is 0.317 e. The molecule has 0 fully saturated rings. The lowest BCUT2D eigenvalue weighted by Crippen LogP contribution is -2.19. The maximum atomic E-state index is 12.8. The second-order valence-corrected chi connectivity index (χ2v) is 9.11. The molecule has 0 saturated carbocycles. The summed E-state index contributed by atoms with van der Waals surface area (Å²) in [4.78, 5) is 32.9. The molecule has 0 aliphatic rings. The Bertz CT molecular complexity index is 1850. The van der Waals surface area contributed by atoms with Crippen molar-refractivity contribution in [3.8, 4) is 28.1 Å². The van der Waals surface area contributed by atoms with Gasteiger partial charge in [0.25, 0.3) is 5.56 Å². The van der Waals surface area contributed by atoms with Gasteiger partial charge in [-0.2, -0.15) is 5.10 Å². The number of hydrogen-bond donors (Lipinski definition) is 2. The first-order valence-electron chi connectivity index (χ1n) is 11.5. The van der Waals surface area contributed by atoms with Crippen LogP contribution in [-0.2, 0) is 18.3 Å². The molecule has 0 unspecified atom stereocenters. The molecule has 2 aromatic carbocycles. The fraction of sp³-hybridized carbons (Fsp3) is 0.0714. The number of nitrogens with zero attached hydrogens (tertiary/aromatic N) is 3. The standard InChI is InChI=1S/C28H20ClN5O3/c1-34-9-5-8-20(34)14-24(35)37-23-13-18-11-21(17-10-19-15-30-33-26(19)22(29)12-17)25(16-6-3-2-4-7-16)31-27(18)32-28(23)36/h2-13,15H,14H2,1H3,(H,30,33)(H,31,32,36). The number of aromatic nitrogens is 5. The molecule has 0 bridgehead atoms. The number of carbonyl (C=O) groups excluding carboxylic acids is 1. The smallest absolute Gasteiger partial charge is 0.317 e. The number of carbonyl (C=O) groups is 1. The van der Waals surface area contributed by atoms with E-state index in [1.807, 2.05) is 78.5 Å². The molecule has 2 N–H and O–H groups in total. The van der Waals surface area contributed by atoms with Gasteiger partial charge in [0.15, 0.2) is 5.75 Å². The summed E-state index contributed by atoms with van der Waals surface area (Å²) in [6.07, 6.45) is 3.60. The van der Waals surface area contributed by atoms with E-state index >= 15 is 0 Å². The first-order valence-corrected chi connectivity index (χ1v) is 11.9. The number of nitrogens with one attached hydrogen (secondary N) is 2. The number of esters is 1. The summed E-state index contributed by atoms with van der Waals surface area (Å²) < 4.78 is 7.28. The molecule has 6 aromatic rings. The number of fused-ring (bicyclic) bond motifs is 2. The van der Waals surface area contributed by atoms with Gasteiger partial charge in [0, 0.05) is 40.8 Å². The SMILES string of the molecule is Cn1cccc1CC(=O)Oc1cc2cc(-c3cc(Cl)c4[nH]ncc4c3)c(-c3ccccc3)nc2[nH]c1=O. The summed E-state index contributed by atoms with van der Waals surface area (Å²) in [7, 11) is 1.84. The zero-order valence-corrected chi connectivity index (χ0v) is 20.4. The van der Waals surface area contributed by atoms with Crippen LogP contribution in [0.5, 0.6) is 5.75 Å². The Labute approximate surface area is 215 Å². The molecule has 182 valence electrons. The number of aryl methyl sites for hydroxylation is 1. The van der Waals surface area contributed by atoms with E-state index in [2.05, 4.69) is 15.2 Å². The third-order valence-corrected chi connectivity index (χ3v) is 6.55. The normalized spacial score (nSPS) is 11.3. The van der Waals surface area contributed by atoms with Gasteiger partial charge in [-0.15, -0.1) is 0 Å². The molecule has 0 spiro atoms. The number of halogens is 1. The van der Waals surface area contributed by atoms with Gasteiger partial charge in [-0.25, -0.2) is 4.98 Å². The molecule has 0 radical (unpaired) electrons. The zero-order valence-electron chi connectivity index (χ0n) is 19.7. The molecule has 9 heteroatoms. The monoisotopic (exact) mass is 509 g/mol. The number of aromatic amines is 2. The summed E-state index contributed by atoms with van der Waals surface area (Å²) in [5.41, 5.74) is 4.57. The minimum Gasteiger partial charge on any atom is -0.420 e. The van der Waals surface area contributed by atoms with Gasteiger partial charge in [-0.05, 0) is 42.0 Å². The van der Waals surface area contributed by atoms with Crippen molar-refractivity contribution in [3.05, 3.63) is 100 Å². The Morgan fingerprint density at radius 1 is 1.03 bits per heavy atom. The summed E-state index contributed by atoms with van der Waals surface area (Å²) in [5.74, 6) is -0.617. The lowest BCUT2D eigenvalue weighted by molar-refractivity contribution is -0.133. The molecular formula is C28H20ClN5O3. The van der Waals surface area contributed by atoms with Crippen molar-refractivity contribution in [2.24, 2.45) is 7.05 Å². The fourth-order valence-electron chi connectivity index (χ4n) is 4.38. The highest BCUT2D eigenvalue weighted by Crippen LogP contribution is 2.36. The molecule has 0 atom stereocenters. The van der Waals surface area contributed by atoms with E-state index in [-0.39, 0.29) is 12.2 Å².